The van der Waals surface area contributed by atoms with Gasteiger partial charge in [0.05, 0.1) is 30.9 Å². The summed E-state index contributed by atoms with van der Waals surface area (Å²) in [7, 11) is 0. The summed E-state index contributed by atoms with van der Waals surface area (Å²) in [6.45, 7) is 13.8. The molecule has 5 heteroatoms. The largest absolute Gasteiger partial charge is 0.494 e. The second-order valence-electron chi connectivity index (χ2n) is 12.3. The molecule has 0 heterocycles. The Hall–Kier alpha value is -4.61. The molecule has 0 unspecified atom stereocenters. The van der Waals surface area contributed by atoms with E-state index in [2.05, 4.69) is 51.0 Å². The van der Waals surface area contributed by atoms with Gasteiger partial charge < -0.3 is 18.9 Å². The van der Waals surface area contributed by atoms with E-state index in [4.69, 9.17) is 18.9 Å². The number of benzene rings is 3. The van der Waals surface area contributed by atoms with Gasteiger partial charge in [-0.3, -0.25) is 0 Å². The number of carbonyl (C=O) groups excluding carboxylic acids is 1. The van der Waals surface area contributed by atoms with Crippen LogP contribution in [0.4, 0.5) is 0 Å². The van der Waals surface area contributed by atoms with Crippen molar-refractivity contribution in [2.45, 2.75) is 105 Å². The van der Waals surface area contributed by atoms with Crippen molar-refractivity contribution in [3.8, 4) is 46.7 Å². The fourth-order valence-electron chi connectivity index (χ4n) is 4.85. The Bertz CT molecular complexity index is 1560. The van der Waals surface area contributed by atoms with Crippen molar-refractivity contribution in [3.05, 3.63) is 95.1 Å². The first-order valence-corrected chi connectivity index (χ1v) is 18.1. The van der Waals surface area contributed by atoms with Crippen LogP contribution in [0, 0.1) is 23.7 Å². The second-order valence-corrected chi connectivity index (χ2v) is 12.3. The molecular formula is C44H54O5. The van der Waals surface area contributed by atoms with E-state index in [-0.39, 0.29) is 0 Å². The molecule has 49 heavy (non-hydrogen) atoms. The number of rotatable bonds is 20. The number of hydrogen-bond acceptors (Lipinski definition) is 5. The third-order valence-corrected chi connectivity index (χ3v) is 7.81. The van der Waals surface area contributed by atoms with Crippen LogP contribution in [0.25, 0.3) is 0 Å². The smallest absolute Gasteiger partial charge is 0.338 e. The molecule has 5 nitrogen and oxygen atoms in total. The first-order valence-electron chi connectivity index (χ1n) is 18.1. The molecule has 0 aromatic heterocycles. The maximum absolute atomic E-state index is 11.9. The fraction of sp³-hybridized carbons (Fsp3) is 0.432. The van der Waals surface area contributed by atoms with Crippen LogP contribution in [0.15, 0.2) is 72.8 Å². The van der Waals surface area contributed by atoms with Crippen molar-refractivity contribution in [1.29, 1.82) is 0 Å². The Morgan fingerprint density at radius 1 is 0.551 bits per heavy atom. The van der Waals surface area contributed by atoms with E-state index in [1.165, 1.54) is 38.5 Å². The van der Waals surface area contributed by atoms with Gasteiger partial charge >= 0.3 is 5.97 Å². The van der Waals surface area contributed by atoms with Gasteiger partial charge in [0.1, 0.15) is 23.0 Å². The van der Waals surface area contributed by atoms with Gasteiger partial charge in [-0.1, -0.05) is 109 Å². The van der Waals surface area contributed by atoms with Gasteiger partial charge in [-0.2, -0.15) is 0 Å². The molecule has 260 valence electrons. The minimum absolute atomic E-state index is 0.346. The number of esters is 1. The third kappa shape index (κ3) is 15.0. The zero-order valence-electron chi connectivity index (χ0n) is 30.1. The summed E-state index contributed by atoms with van der Waals surface area (Å²) in [5.74, 6) is 15.5. The van der Waals surface area contributed by atoms with Crippen molar-refractivity contribution < 1.29 is 23.7 Å². The van der Waals surface area contributed by atoms with Gasteiger partial charge in [0, 0.05) is 28.8 Å². The summed E-state index contributed by atoms with van der Waals surface area (Å²) in [5, 5.41) is 0. The summed E-state index contributed by atoms with van der Waals surface area (Å²) in [6.07, 6.45) is 13.6. The molecule has 0 bridgehead atoms. The van der Waals surface area contributed by atoms with Crippen LogP contribution >= 0.6 is 0 Å². The molecule has 0 radical (unpaired) electrons. The van der Waals surface area contributed by atoms with Gasteiger partial charge in [0.25, 0.3) is 0 Å². The Morgan fingerprint density at radius 2 is 0.959 bits per heavy atom. The lowest BCUT2D eigenvalue weighted by atomic mass is 10.1. The molecule has 0 fully saturated rings. The maximum atomic E-state index is 11.9. The van der Waals surface area contributed by atoms with E-state index in [1.54, 1.807) is 19.1 Å². The predicted molar refractivity (Wildman–Crippen MR) is 201 cm³/mol. The summed E-state index contributed by atoms with van der Waals surface area (Å²) in [5.41, 5.74) is 3.53. The molecule has 0 atom stereocenters. The zero-order chi connectivity index (χ0) is 35.1. The highest BCUT2D eigenvalue weighted by atomic mass is 16.5. The van der Waals surface area contributed by atoms with Crippen LogP contribution in [0.5, 0.6) is 23.0 Å². The number of ether oxygens (including phenoxy) is 4. The average molecular weight is 663 g/mol. The van der Waals surface area contributed by atoms with Crippen LogP contribution in [0.1, 0.15) is 127 Å². The standard InChI is InChI=1S/C44H54O5/c1-6-9-12-15-30-46-40-26-20-36(21-27-40)18-24-38-33-43(48-32-17-14-11-8-3)39(34-42(38)47-31-16-13-10-7-2)25-19-37-22-28-41(29-23-37)49-44(45)35(4)5/h20-23,26-29,33-34H,4,6-17,30-32H2,1-3,5H3. The molecule has 0 amide bonds. The highest BCUT2D eigenvalue weighted by Gasteiger charge is 2.12. The van der Waals surface area contributed by atoms with Crippen LogP contribution in [-0.2, 0) is 4.79 Å². The first kappa shape index (κ1) is 38.8. The van der Waals surface area contributed by atoms with E-state index in [0.717, 1.165) is 73.1 Å². The fourth-order valence-corrected chi connectivity index (χ4v) is 4.85. The van der Waals surface area contributed by atoms with Crippen molar-refractivity contribution in [1.82, 2.24) is 0 Å². The quantitative estimate of drug-likeness (QED) is 0.0396. The maximum Gasteiger partial charge on any atom is 0.338 e. The van der Waals surface area contributed by atoms with Crippen molar-refractivity contribution in [3.63, 3.8) is 0 Å². The Kier molecular flexibility index (Phi) is 18.1. The Labute approximate surface area is 295 Å². The third-order valence-electron chi connectivity index (χ3n) is 7.81. The summed E-state index contributed by atoms with van der Waals surface area (Å²) in [6, 6.07) is 19.0. The van der Waals surface area contributed by atoms with Crippen molar-refractivity contribution >= 4 is 5.97 Å². The number of hydrogen-bond donors (Lipinski definition) is 0. The topological polar surface area (TPSA) is 54.0 Å². The number of unbranched alkanes of at least 4 members (excludes halogenated alkanes) is 9. The summed E-state index contributed by atoms with van der Waals surface area (Å²) >= 11 is 0. The molecule has 0 aliphatic carbocycles. The van der Waals surface area contributed by atoms with Gasteiger partial charge in [-0.15, -0.1) is 0 Å². The lowest BCUT2D eigenvalue weighted by Gasteiger charge is -2.14. The van der Waals surface area contributed by atoms with E-state index >= 15 is 0 Å². The number of carbonyl (C=O) groups is 1. The molecule has 0 spiro atoms. The lowest BCUT2D eigenvalue weighted by Crippen LogP contribution is -2.07. The highest BCUT2D eigenvalue weighted by molar-refractivity contribution is 5.88. The molecule has 3 rings (SSSR count). The second kappa shape index (κ2) is 22.9. The SMILES string of the molecule is C=C(C)C(=O)Oc1ccc(C#Cc2cc(OCCCCCC)c(C#Cc3ccc(OCCCCCC)cc3)cc2OCCCCCC)cc1. The van der Waals surface area contributed by atoms with Crippen LogP contribution < -0.4 is 18.9 Å². The molecule has 0 saturated carbocycles. The molecule has 0 saturated heterocycles. The lowest BCUT2D eigenvalue weighted by molar-refractivity contribution is -0.130. The van der Waals surface area contributed by atoms with E-state index in [9.17, 15) is 4.79 Å². The molecular weight excluding hydrogens is 608 g/mol. The molecule has 3 aromatic rings. The molecule has 0 aliphatic heterocycles. The van der Waals surface area contributed by atoms with Gasteiger partial charge in [-0.05, 0) is 74.7 Å². The Morgan fingerprint density at radius 3 is 1.37 bits per heavy atom. The van der Waals surface area contributed by atoms with E-state index in [0.29, 0.717) is 36.0 Å². The zero-order valence-corrected chi connectivity index (χ0v) is 30.1. The first-order chi connectivity index (χ1) is 23.9. The van der Waals surface area contributed by atoms with Gasteiger partial charge in [-0.25, -0.2) is 4.79 Å². The minimum Gasteiger partial charge on any atom is -0.494 e. The van der Waals surface area contributed by atoms with Crippen molar-refractivity contribution in [2.24, 2.45) is 0 Å². The van der Waals surface area contributed by atoms with Gasteiger partial charge in [0.15, 0.2) is 0 Å². The molecule has 0 N–H and O–H groups in total. The molecule has 0 aliphatic rings. The highest BCUT2D eigenvalue weighted by Crippen LogP contribution is 2.29. The van der Waals surface area contributed by atoms with Crippen LogP contribution in [0.2, 0.25) is 0 Å². The monoisotopic (exact) mass is 662 g/mol. The van der Waals surface area contributed by atoms with Crippen LogP contribution in [-0.4, -0.2) is 25.8 Å². The normalized spacial score (nSPS) is 10.3. The summed E-state index contributed by atoms with van der Waals surface area (Å²) in [4.78, 5) is 11.9. The summed E-state index contributed by atoms with van der Waals surface area (Å²) < 4.78 is 23.9. The average Bonchev–Trinajstić information content (AvgIpc) is 3.11. The van der Waals surface area contributed by atoms with E-state index in [1.807, 2.05) is 48.5 Å². The van der Waals surface area contributed by atoms with E-state index < -0.39 is 5.97 Å². The van der Waals surface area contributed by atoms with Crippen LogP contribution in [0.3, 0.4) is 0 Å². The van der Waals surface area contributed by atoms with Crippen molar-refractivity contribution in [2.75, 3.05) is 19.8 Å². The molecule has 3 aromatic carbocycles. The Balaban J connectivity index is 1.89. The predicted octanol–water partition coefficient (Wildman–Crippen LogP) is 10.8. The minimum atomic E-state index is -0.454. The van der Waals surface area contributed by atoms with Gasteiger partial charge in [0.2, 0.25) is 0 Å².